The van der Waals surface area contributed by atoms with Crippen molar-refractivity contribution in [2.75, 3.05) is 56.4 Å². The van der Waals surface area contributed by atoms with Crippen molar-refractivity contribution in [1.29, 1.82) is 0 Å². The lowest BCUT2D eigenvalue weighted by molar-refractivity contribution is 0.474. The molecule has 0 radical (unpaired) electrons. The van der Waals surface area contributed by atoms with Gasteiger partial charge in [-0.25, -0.2) is 14.0 Å². The number of hydrogen-bond donors (Lipinski definition) is 1. The Morgan fingerprint density at radius 3 is 1.32 bits per heavy atom. The summed E-state index contributed by atoms with van der Waals surface area (Å²) in [5.41, 5.74) is 7.04. The summed E-state index contributed by atoms with van der Waals surface area (Å²) in [4.78, 5) is 0. The van der Waals surface area contributed by atoms with Gasteiger partial charge in [-0.3, -0.25) is 0 Å². The minimum atomic E-state index is -2.01. The third kappa shape index (κ3) is 3.76. The maximum atomic E-state index is 6.70. The van der Waals surface area contributed by atoms with Crippen molar-refractivity contribution in [2.45, 2.75) is 19.5 Å². The molecule has 1 unspecified atom stereocenters. The first kappa shape index (κ1) is 19.5. The summed E-state index contributed by atoms with van der Waals surface area (Å²) < 4.78 is 14.0. The Bertz CT molecular complexity index is 302. The summed E-state index contributed by atoms with van der Waals surface area (Å²) in [6.07, 6.45) is 0. The SMILES string of the molecule is CC(C)[P+](N)(N=P(N(C)C)(N(C)C)N(C)C)N(C)C. The number of rotatable bonds is 6. The van der Waals surface area contributed by atoms with Gasteiger partial charge in [0.1, 0.15) is 5.66 Å². The summed E-state index contributed by atoms with van der Waals surface area (Å²) in [7, 11) is 12.6. The molecule has 0 saturated carbocycles. The van der Waals surface area contributed by atoms with E-state index in [2.05, 4.69) is 74.8 Å². The van der Waals surface area contributed by atoms with Crippen molar-refractivity contribution in [1.82, 2.24) is 18.7 Å². The molecular formula is C11H33N6P2+. The normalized spacial score (nSPS) is 16.8. The van der Waals surface area contributed by atoms with Crippen LogP contribution in [0.2, 0.25) is 0 Å². The second-order valence-corrected chi connectivity index (χ2v) is 13.2. The molecule has 0 heterocycles. The van der Waals surface area contributed by atoms with Crippen molar-refractivity contribution < 1.29 is 0 Å². The van der Waals surface area contributed by atoms with Crippen LogP contribution < -0.4 is 5.50 Å². The fourth-order valence-corrected chi connectivity index (χ4v) is 10.1. The smallest absolute Gasteiger partial charge is 0.249 e. The quantitative estimate of drug-likeness (QED) is 0.763. The second kappa shape index (κ2) is 6.95. The first-order chi connectivity index (χ1) is 8.42. The Kier molecular flexibility index (Phi) is 7.12. The highest BCUT2D eigenvalue weighted by atomic mass is 31.2. The van der Waals surface area contributed by atoms with E-state index in [1.165, 1.54) is 0 Å². The van der Waals surface area contributed by atoms with Crippen molar-refractivity contribution in [3.8, 4) is 0 Å². The molecule has 8 heteroatoms. The third-order valence-electron chi connectivity index (χ3n) is 3.27. The van der Waals surface area contributed by atoms with Crippen LogP contribution in [0.1, 0.15) is 13.8 Å². The van der Waals surface area contributed by atoms with Crippen molar-refractivity contribution in [3.05, 3.63) is 0 Å². The topological polar surface area (TPSA) is 51.3 Å². The first-order valence-corrected chi connectivity index (χ1v) is 9.88. The van der Waals surface area contributed by atoms with Gasteiger partial charge in [0.05, 0.1) is 0 Å². The molecule has 116 valence electrons. The minimum absolute atomic E-state index is 0.335. The largest absolute Gasteiger partial charge is 0.275 e. The third-order valence-corrected chi connectivity index (χ3v) is 11.4. The van der Waals surface area contributed by atoms with E-state index >= 15 is 0 Å². The van der Waals surface area contributed by atoms with Crippen molar-refractivity contribution in [3.63, 3.8) is 0 Å². The monoisotopic (exact) mass is 311 g/mol. The zero-order valence-corrected chi connectivity index (χ0v) is 16.1. The maximum Gasteiger partial charge on any atom is 0.275 e. The highest BCUT2D eigenvalue weighted by Crippen LogP contribution is 2.69. The van der Waals surface area contributed by atoms with Crippen LogP contribution in [-0.2, 0) is 0 Å². The lowest BCUT2D eigenvalue weighted by atomic mass is 10.6. The van der Waals surface area contributed by atoms with Crippen LogP contribution in [0.25, 0.3) is 0 Å². The van der Waals surface area contributed by atoms with Gasteiger partial charge in [-0.2, -0.15) is 5.50 Å². The van der Waals surface area contributed by atoms with Crippen LogP contribution in [0, 0.1) is 0 Å². The lowest BCUT2D eigenvalue weighted by Crippen LogP contribution is -2.33. The average Bonchev–Trinajstić information content (AvgIpc) is 2.23. The van der Waals surface area contributed by atoms with Gasteiger partial charge >= 0.3 is 0 Å². The van der Waals surface area contributed by atoms with Gasteiger partial charge in [0.25, 0.3) is 7.71 Å². The molecule has 0 aliphatic rings. The van der Waals surface area contributed by atoms with Crippen molar-refractivity contribution >= 4 is 15.2 Å². The molecule has 0 bridgehead atoms. The van der Waals surface area contributed by atoms with Crippen LogP contribution >= 0.6 is 15.2 Å². The number of hydrogen-bond acceptors (Lipinski definition) is 3. The predicted octanol–water partition coefficient (Wildman–Crippen LogP) is 2.31. The Hall–Kier alpha value is 0.460. The molecule has 6 nitrogen and oxygen atoms in total. The molecule has 1 atom stereocenters. The summed E-state index contributed by atoms with van der Waals surface area (Å²) in [5, 5.41) is 0. The van der Waals surface area contributed by atoms with Gasteiger partial charge in [-0.05, 0) is 56.1 Å². The van der Waals surface area contributed by atoms with Gasteiger partial charge in [-0.1, -0.05) is 4.52 Å². The highest BCUT2D eigenvalue weighted by molar-refractivity contribution is 7.77. The molecule has 0 aromatic carbocycles. The number of nitrogens with zero attached hydrogens (tertiary/aromatic N) is 5. The van der Waals surface area contributed by atoms with E-state index in [0.29, 0.717) is 5.66 Å². The molecule has 19 heavy (non-hydrogen) atoms. The van der Waals surface area contributed by atoms with Gasteiger partial charge in [0.2, 0.25) is 7.51 Å². The van der Waals surface area contributed by atoms with E-state index in [1.807, 2.05) is 14.1 Å². The molecule has 2 N–H and O–H groups in total. The molecule has 0 saturated heterocycles. The van der Waals surface area contributed by atoms with Crippen LogP contribution in [0.3, 0.4) is 0 Å². The van der Waals surface area contributed by atoms with Gasteiger partial charge in [0, 0.05) is 14.1 Å². The summed E-state index contributed by atoms with van der Waals surface area (Å²) in [5.74, 6) is 0. The van der Waals surface area contributed by atoms with Crippen LogP contribution in [0.15, 0.2) is 4.52 Å². The fraction of sp³-hybridized carbons (Fsp3) is 1.00. The first-order valence-electron chi connectivity index (χ1n) is 6.45. The highest BCUT2D eigenvalue weighted by Gasteiger charge is 2.46. The fourth-order valence-electron chi connectivity index (χ4n) is 2.15. The maximum absolute atomic E-state index is 6.70. The second-order valence-electron chi connectivity index (χ2n) is 5.81. The zero-order chi connectivity index (χ0) is 15.6. The summed E-state index contributed by atoms with van der Waals surface area (Å²) in [6.45, 7) is 4.32. The van der Waals surface area contributed by atoms with Crippen molar-refractivity contribution in [2.24, 2.45) is 10.0 Å². The summed E-state index contributed by atoms with van der Waals surface area (Å²) in [6, 6.07) is 0. The van der Waals surface area contributed by atoms with E-state index in [-0.39, 0.29) is 0 Å². The molecule has 0 fully saturated rings. The zero-order valence-electron chi connectivity index (χ0n) is 14.3. The number of nitrogens with two attached hydrogens (primary N) is 1. The summed E-state index contributed by atoms with van der Waals surface area (Å²) >= 11 is 0. The average molecular weight is 311 g/mol. The van der Waals surface area contributed by atoms with Gasteiger partial charge in [-0.15, -0.1) is 4.67 Å². The molecule has 0 aliphatic heterocycles. The Morgan fingerprint density at radius 2 is 1.16 bits per heavy atom. The lowest BCUT2D eigenvalue weighted by Gasteiger charge is -2.41. The molecule has 0 aromatic heterocycles. The minimum Gasteiger partial charge on any atom is -0.249 e. The standard InChI is InChI=1S/C11H33N6P2/c1-11(2)18(12,14(3)4)13-19(15(5)6,16(7)8)17(9)10/h11H,12H2,1-10H3/q+1. The Morgan fingerprint density at radius 1 is 0.842 bits per heavy atom. The van der Waals surface area contributed by atoms with E-state index in [4.69, 9.17) is 10.0 Å². The van der Waals surface area contributed by atoms with E-state index < -0.39 is 15.2 Å². The van der Waals surface area contributed by atoms with Gasteiger partial charge < -0.3 is 0 Å². The predicted molar refractivity (Wildman–Crippen MR) is 90.3 cm³/mol. The Labute approximate surface area is 120 Å². The van der Waals surface area contributed by atoms with E-state index in [1.54, 1.807) is 0 Å². The molecule has 0 spiro atoms. The molecule has 0 amide bonds. The molecular weight excluding hydrogens is 278 g/mol. The van der Waals surface area contributed by atoms with Crippen LogP contribution in [0.5, 0.6) is 0 Å². The van der Waals surface area contributed by atoms with Crippen LogP contribution in [-0.4, -0.2) is 80.7 Å². The van der Waals surface area contributed by atoms with Crippen LogP contribution in [0.4, 0.5) is 0 Å². The van der Waals surface area contributed by atoms with E-state index in [9.17, 15) is 0 Å². The Balaban J connectivity index is 6.20. The molecule has 0 aliphatic carbocycles. The van der Waals surface area contributed by atoms with Gasteiger partial charge in [0.15, 0.2) is 0 Å². The molecule has 0 rings (SSSR count). The van der Waals surface area contributed by atoms with E-state index in [0.717, 1.165) is 0 Å². The molecule has 0 aromatic rings.